The number of aromatic nitrogens is 2. The lowest BCUT2D eigenvalue weighted by molar-refractivity contribution is 0.102. The zero-order valence-electron chi connectivity index (χ0n) is 14.4. The number of anilines is 2. The van der Waals surface area contributed by atoms with Gasteiger partial charge in [-0.15, -0.1) is 10.2 Å². The van der Waals surface area contributed by atoms with Crippen LogP contribution in [0.2, 0.25) is 0 Å². The lowest BCUT2D eigenvalue weighted by Gasteiger charge is -2.10. The maximum atomic E-state index is 13.2. The van der Waals surface area contributed by atoms with Crippen molar-refractivity contribution in [2.75, 3.05) is 17.7 Å². The summed E-state index contributed by atoms with van der Waals surface area (Å²) in [6.07, 6.45) is 0. The Morgan fingerprint density at radius 3 is 2.56 bits per heavy atom. The van der Waals surface area contributed by atoms with Crippen LogP contribution in [0.15, 0.2) is 54.6 Å². The predicted octanol–water partition coefficient (Wildman–Crippen LogP) is 3.63. The van der Waals surface area contributed by atoms with Crippen molar-refractivity contribution in [3.63, 3.8) is 0 Å². The highest BCUT2D eigenvalue weighted by molar-refractivity contribution is 6.02. The number of benzene rings is 2. The fourth-order valence-electron chi connectivity index (χ4n) is 2.35. The van der Waals surface area contributed by atoms with Crippen molar-refractivity contribution in [3.05, 3.63) is 77.5 Å². The van der Waals surface area contributed by atoms with Gasteiger partial charge in [-0.3, -0.25) is 4.79 Å². The van der Waals surface area contributed by atoms with E-state index in [9.17, 15) is 13.6 Å². The van der Waals surface area contributed by atoms with E-state index >= 15 is 0 Å². The Morgan fingerprint density at radius 2 is 1.85 bits per heavy atom. The van der Waals surface area contributed by atoms with E-state index in [1.54, 1.807) is 13.2 Å². The fraction of sp³-hybridized carbons (Fsp3) is 0.105. The number of hydrogen-bond acceptors (Lipinski definition) is 5. The third-order valence-electron chi connectivity index (χ3n) is 3.73. The predicted molar refractivity (Wildman–Crippen MR) is 96.7 cm³/mol. The molecule has 138 valence electrons. The number of halogens is 2. The molecule has 2 N–H and O–H groups in total. The topological polar surface area (TPSA) is 76.1 Å². The normalized spacial score (nSPS) is 10.3. The Kier molecular flexibility index (Phi) is 5.55. The van der Waals surface area contributed by atoms with Crippen molar-refractivity contribution in [2.24, 2.45) is 0 Å². The van der Waals surface area contributed by atoms with Crippen molar-refractivity contribution in [3.8, 4) is 5.75 Å². The van der Waals surface area contributed by atoms with Crippen molar-refractivity contribution in [1.82, 2.24) is 10.2 Å². The van der Waals surface area contributed by atoms with Gasteiger partial charge in [0, 0.05) is 23.9 Å². The lowest BCUT2D eigenvalue weighted by atomic mass is 10.2. The van der Waals surface area contributed by atoms with Gasteiger partial charge in [-0.05, 0) is 30.3 Å². The van der Waals surface area contributed by atoms with Gasteiger partial charge in [0.25, 0.3) is 5.91 Å². The van der Waals surface area contributed by atoms with E-state index in [0.717, 1.165) is 23.4 Å². The molecule has 1 heterocycles. The number of methoxy groups -OCH3 is 1. The number of amides is 1. The average Bonchev–Trinajstić information content (AvgIpc) is 2.69. The smallest absolute Gasteiger partial charge is 0.276 e. The van der Waals surface area contributed by atoms with Gasteiger partial charge in [-0.2, -0.15) is 0 Å². The summed E-state index contributed by atoms with van der Waals surface area (Å²) in [5, 5.41) is 13.3. The first-order chi connectivity index (χ1) is 13.1. The Morgan fingerprint density at radius 1 is 1.04 bits per heavy atom. The number of rotatable bonds is 6. The van der Waals surface area contributed by atoms with Gasteiger partial charge in [0.2, 0.25) is 0 Å². The molecule has 0 atom stereocenters. The second-order valence-corrected chi connectivity index (χ2v) is 5.55. The molecular formula is C19H16F2N4O2. The Labute approximate surface area is 154 Å². The minimum absolute atomic E-state index is 0.0441. The molecule has 6 nitrogen and oxygen atoms in total. The molecule has 0 spiro atoms. The third kappa shape index (κ3) is 4.55. The number of nitrogens with zero attached hydrogens (tertiary/aromatic N) is 2. The first-order valence-corrected chi connectivity index (χ1v) is 8.02. The average molecular weight is 370 g/mol. The van der Waals surface area contributed by atoms with Crippen LogP contribution in [0.25, 0.3) is 0 Å². The highest BCUT2D eigenvalue weighted by Gasteiger charge is 2.11. The van der Waals surface area contributed by atoms with E-state index in [4.69, 9.17) is 4.74 Å². The molecule has 2 aromatic carbocycles. The Hall–Kier alpha value is -3.55. The summed E-state index contributed by atoms with van der Waals surface area (Å²) in [7, 11) is 1.60. The van der Waals surface area contributed by atoms with Crippen molar-refractivity contribution in [1.29, 1.82) is 0 Å². The van der Waals surface area contributed by atoms with Crippen LogP contribution in [0.4, 0.5) is 20.3 Å². The van der Waals surface area contributed by atoms with E-state index in [1.807, 2.05) is 24.3 Å². The van der Waals surface area contributed by atoms with E-state index in [1.165, 1.54) is 12.1 Å². The van der Waals surface area contributed by atoms with E-state index in [0.29, 0.717) is 12.4 Å². The maximum Gasteiger partial charge on any atom is 0.276 e. The van der Waals surface area contributed by atoms with E-state index in [-0.39, 0.29) is 11.4 Å². The molecule has 0 aliphatic heterocycles. The number of nitrogens with one attached hydrogen (secondary N) is 2. The summed E-state index contributed by atoms with van der Waals surface area (Å²) in [6, 6.07) is 13.7. The van der Waals surface area contributed by atoms with Crippen LogP contribution in [0.3, 0.4) is 0 Å². The molecule has 8 heteroatoms. The van der Waals surface area contributed by atoms with Gasteiger partial charge in [0.1, 0.15) is 11.6 Å². The number of carbonyl (C=O) groups is 1. The largest absolute Gasteiger partial charge is 0.496 e. The second-order valence-electron chi connectivity index (χ2n) is 5.55. The quantitative estimate of drug-likeness (QED) is 0.693. The number of hydrogen-bond donors (Lipinski definition) is 2. The minimum Gasteiger partial charge on any atom is -0.496 e. The first kappa shape index (κ1) is 18.2. The highest BCUT2D eigenvalue weighted by atomic mass is 19.2. The molecule has 1 aromatic heterocycles. The monoisotopic (exact) mass is 370 g/mol. The van der Waals surface area contributed by atoms with Crippen LogP contribution < -0.4 is 15.4 Å². The van der Waals surface area contributed by atoms with Gasteiger partial charge in [0.15, 0.2) is 17.3 Å². The zero-order chi connectivity index (χ0) is 19.2. The molecule has 0 radical (unpaired) electrons. The molecule has 0 saturated carbocycles. The molecule has 0 aliphatic rings. The van der Waals surface area contributed by atoms with Gasteiger partial charge in [0.05, 0.1) is 7.11 Å². The van der Waals surface area contributed by atoms with Gasteiger partial charge in [-0.25, -0.2) is 8.78 Å². The molecule has 0 aliphatic carbocycles. The van der Waals surface area contributed by atoms with Gasteiger partial charge >= 0.3 is 0 Å². The summed E-state index contributed by atoms with van der Waals surface area (Å²) in [6.45, 7) is 0.471. The number of ether oxygens (including phenoxy) is 1. The van der Waals surface area contributed by atoms with Crippen molar-refractivity contribution >= 4 is 17.4 Å². The molecular weight excluding hydrogens is 354 g/mol. The van der Waals surface area contributed by atoms with Crippen LogP contribution in [0.5, 0.6) is 5.75 Å². The maximum absolute atomic E-state index is 13.2. The van der Waals surface area contributed by atoms with Crippen molar-refractivity contribution in [2.45, 2.75) is 6.54 Å². The highest BCUT2D eigenvalue weighted by Crippen LogP contribution is 2.18. The van der Waals surface area contributed by atoms with Gasteiger partial charge in [-0.1, -0.05) is 18.2 Å². The minimum atomic E-state index is -1.05. The zero-order valence-corrected chi connectivity index (χ0v) is 14.4. The first-order valence-electron chi connectivity index (χ1n) is 8.02. The molecule has 3 rings (SSSR count). The number of para-hydroxylation sites is 1. The Bertz CT molecular complexity index is 949. The van der Waals surface area contributed by atoms with E-state index in [2.05, 4.69) is 20.8 Å². The molecule has 3 aromatic rings. The lowest BCUT2D eigenvalue weighted by Crippen LogP contribution is -2.15. The van der Waals surface area contributed by atoms with Crippen LogP contribution in [-0.4, -0.2) is 23.2 Å². The molecule has 1 amide bonds. The number of carbonyl (C=O) groups excluding carboxylic acids is 1. The third-order valence-corrected chi connectivity index (χ3v) is 3.73. The molecule has 27 heavy (non-hydrogen) atoms. The molecule has 0 fully saturated rings. The van der Waals surface area contributed by atoms with Crippen LogP contribution >= 0.6 is 0 Å². The van der Waals surface area contributed by atoms with Crippen LogP contribution in [-0.2, 0) is 6.54 Å². The molecule has 0 saturated heterocycles. The fourth-order valence-corrected chi connectivity index (χ4v) is 2.35. The molecule has 0 unspecified atom stereocenters. The SMILES string of the molecule is COc1ccccc1CNc1ccc(C(=O)Nc2ccc(F)c(F)c2)nn1. The van der Waals surface area contributed by atoms with Gasteiger partial charge < -0.3 is 15.4 Å². The van der Waals surface area contributed by atoms with Crippen LogP contribution in [0.1, 0.15) is 16.1 Å². The summed E-state index contributed by atoms with van der Waals surface area (Å²) in [5.41, 5.74) is 1.11. The van der Waals surface area contributed by atoms with Crippen LogP contribution in [0, 0.1) is 11.6 Å². The summed E-state index contributed by atoms with van der Waals surface area (Å²) < 4.78 is 31.4. The summed E-state index contributed by atoms with van der Waals surface area (Å²) >= 11 is 0. The second kappa shape index (κ2) is 8.22. The molecule has 0 bridgehead atoms. The standard InChI is InChI=1S/C19H16F2N4O2/c1-27-17-5-3-2-4-12(17)11-22-18-9-8-16(24-25-18)19(26)23-13-6-7-14(20)15(21)10-13/h2-10H,11H2,1H3,(H,22,25)(H,23,26). The summed E-state index contributed by atoms with van der Waals surface area (Å²) in [4.78, 5) is 12.1. The van der Waals surface area contributed by atoms with Crippen molar-refractivity contribution < 1.29 is 18.3 Å². The van der Waals surface area contributed by atoms with E-state index < -0.39 is 17.5 Å². The summed E-state index contributed by atoms with van der Waals surface area (Å²) in [5.74, 6) is -1.39. The Balaban J connectivity index is 1.62.